The lowest BCUT2D eigenvalue weighted by Gasteiger charge is -2.31. The predicted molar refractivity (Wildman–Crippen MR) is 122 cm³/mol. The molecule has 0 saturated carbocycles. The number of ether oxygens (including phenoxy) is 1. The summed E-state index contributed by atoms with van der Waals surface area (Å²) in [5.74, 6) is 0.555. The van der Waals surface area contributed by atoms with Gasteiger partial charge in [-0.1, -0.05) is 12.1 Å². The minimum atomic E-state index is -3.64. The highest BCUT2D eigenvalue weighted by atomic mass is 32.2. The van der Waals surface area contributed by atoms with Gasteiger partial charge in [0.1, 0.15) is 5.75 Å². The quantitative estimate of drug-likeness (QED) is 0.655. The monoisotopic (exact) mass is 445 g/mol. The number of methoxy groups -OCH3 is 1. The fourth-order valence-electron chi connectivity index (χ4n) is 3.75. The lowest BCUT2D eigenvalue weighted by atomic mass is 10.1. The van der Waals surface area contributed by atoms with Crippen LogP contribution in [0.5, 0.6) is 5.75 Å². The number of rotatable bonds is 7. The molecule has 2 aromatic carbocycles. The van der Waals surface area contributed by atoms with Crippen LogP contribution in [0.25, 0.3) is 0 Å². The molecule has 1 saturated heterocycles. The molecule has 2 aromatic rings. The highest BCUT2D eigenvalue weighted by Gasteiger charge is 2.25. The van der Waals surface area contributed by atoms with Crippen LogP contribution in [-0.2, 0) is 16.6 Å². The summed E-state index contributed by atoms with van der Waals surface area (Å²) in [5.41, 5.74) is 2.18. The number of anilines is 1. The van der Waals surface area contributed by atoms with E-state index in [0.29, 0.717) is 12.1 Å². The summed E-state index contributed by atoms with van der Waals surface area (Å²) in [6, 6.07) is 12.4. The zero-order chi connectivity index (χ0) is 22.6. The molecule has 7 nitrogen and oxygen atoms in total. The molecular formula is C23H31N3O4S. The largest absolute Gasteiger partial charge is 0.497 e. The number of benzene rings is 2. The van der Waals surface area contributed by atoms with Gasteiger partial charge in [-0.05, 0) is 55.2 Å². The van der Waals surface area contributed by atoms with Gasteiger partial charge in [0.25, 0.3) is 5.91 Å². The Labute approximate surface area is 185 Å². The van der Waals surface area contributed by atoms with Crippen LogP contribution in [0.1, 0.15) is 35.2 Å². The maximum atomic E-state index is 13.5. The molecule has 0 radical (unpaired) electrons. The van der Waals surface area contributed by atoms with Crippen LogP contribution in [0.15, 0.2) is 47.4 Å². The molecule has 168 valence electrons. The number of hydrogen-bond donors (Lipinski definition) is 0. The van der Waals surface area contributed by atoms with Gasteiger partial charge in [-0.15, -0.1) is 0 Å². The van der Waals surface area contributed by atoms with Crippen LogP contribution in [0.3, 0.4) is 0 Å². The fourth-order valence-corrected chi connectivity index (χ4v) is 4.68. The van der Waals surface area contributed by atoms with Crippen molar-refractivity contribution in [1.29, 1.82) is 0 Å². The van der Waals surface area contributed by atoms with E-state index in [1.807, 2.05) is 24.3 Å². The number of piperidine rings is 1. The fraction of sp³-hybridized carbons (Fsp3) is 0.435. The second-order valence-electron chi connectivity index (χ2n) is 8.02. The van der Waals surface area contributed by atoms with Gasteiger partial charge in [0.15, 0.2) is 0 Å². The van der Waals surface area contributed by atoms with Crippen LogP contribution in [0.2, 0.25) is 0 Å². The maximum absolute atomic E-state index is 13.5. The number of amides is 1. The molecular weight excluding hydrogens is 414 g/mol. The van der Waals surface area contributed by atoms with Gasteiger partial charge in [-0.3, -0.25) is 4.79 Å². The van der Waals surface area contributed by atoms with Crippen molar-refractivity contribution in [3.63, 3.8) is 0 Å². The third-order valence-corrected chi connectivity index (χ3v) is 7.41. The lowest BCUT2D eigenvalue weighted by Crippen LogP contribution is -2.33. The average Bonchev–Trinajstić information content (AvgIpc) is 2.79. The number of carbonyl (C=O) groups excluding carboxylic acids is 1. The summed E-state index contributed by atoms with van der Waals surface area (Å²) in [6.45, 7) is 2.14. The molecule has 1 fully saturated rings. The third kappa shape index (κ3) is 5.19. The van der Waals surface area contributed by atoms with E-state index in [1.54, 1.807) is 31.2 Å². The van der Waals surface area contributed by atoms with Crippen molar-refractivity contribution in [2.45, 2.75) is 30.7 Å². The second kappa shape index (κ2) is 9.70. The Hall–Kier alpha value is -2.58. The van der Waals surface area contributed by atoms with Crippen molar-refractivity contribution in [3.05, 3.63) is 53.6 Å². The van der Waals surface area contributed by atoms with Crippen LogP contribution in [0, 0.1) is 0 Å². The van der Waals surface area contributed by atoms with Gasteiger partial charge in [-0.2, -0.15) is 0 Å². The summed E-state index contributed by atoms with van der Waals surface area (Å²) < 4.78 is 31.7. The van der Waals surface area contributed by atoms with E-state index >= 15 is 0 Å². The Morgan fingerprint density at radius 3 is 2.23 bits per heavy atom. The summed E-state index contributed by atoms with van der Waals surface area (Å²) >= 11 is 0. The van der Waals surface area contributed by atoms with Gasteiger partial charge < -0.3 is 14.5 Å². The summed E-state index contributed by atoms with van der Waals surface area (Å²) in [6.07, 6.45) is 3.30. The van der Waals surface area contributed by atoms with Crippen molar-refractivity contribution in [2.24, 2.45) is 0 Å². The average molecular weight is 446 g/mol. The number of carbonyl (C=O) groups is 1. The molecule has 31 heavy (non-hydrogen) atoms. The highest BCUT2D eigenvalue weighted by Crippen LogP contribution is 2.29. The van der Waals surface area contributed by atoms with Crippen LogP contribution in [0.4, 0.5) is 5.69 Å². The van der Waals surface area contributed by atoms with Gasteiger partial charge in [0.05, 0.1) is 17.6 Å². The van der Waals surface area contributed by atoms with E-state index in [2.05, 4.69) is 4.90 Å². The Balaban J connectivity index is 1.95. The molecule has 1 heterocycles. The van der Waals surface area contributed by atoms with E-state index < -0.39 is 10.0 Å². The first-order chi connectivity index (χ1) is 14.7. The van der Waals surface area contributed by atoms with Crippen LogP contribution < -0.4 is 9.64 Å². The van der Waals surface area contributed by atoms with E-state index in [4.69, 9.17) is 4.74 Å². The zero-order valence-electron chi connectivity index (χ0n) is 18.7. The molecule has 0 bridgehead atoms. The number of nitrogens with zero attached hydrogens (tertiary/aromatic N) is 3. The molecule has 0 spiro atoms. The minimum absolute atomic E-state index is 0.124. The zero-order valence-corrected chi connectivity index (χ0v) is 19.5. The number of hydrogen-bond acceptors (Lipinski definition) is 5. The Morgan fingerprint density at radius 2 is 1.65 bits per heavy atom. The standard InChI is InChI=1S/C23H31N3O4S/c1-24(2)31(28,29)20-12-13-22(26-14-6-5-7-15-26)21(16-20)23(27)25(3)17-18-8-10-19(30-4)11-9-18/h8-13,16H,5-7,14-15,17H2,1-4H3. The Kier molecular flexibility index (Phi) is 7.23. The predicted octanol–water partition coefficient (Wildman–Crippen LogP) is 3.21. The van der Waals surface area contributed by atoms with Gasteiger partial charge >= 0.3 is 0 Å². The molecule has 3 rings (SSSR count). The molecule has 1 aliphatic rings. The smallest absolute Gasteiger partial charge is 0.256 e. The second-order valence-corrected chi connectivity index (χ2v) is 10.2. The van der Waals surface area contributed by atoms with Crippen molar-refractivity contribution in [1.82, 2.24) is 9.21 Å². The molecule has 0 aromatic heterocycles. The Bertz CT molecular complexity index is 1010. The molecule has 0 N–H and O–H groups in total. The lowest BCUT2D eigenvalue weighted by molar-refractivity contribution is 0.0785. The molecule has 0 unspecified atom stereocenters. The first-order valence-electron chi connectivity index (χ1n) is 10.4. The van der Waals surface area contributed by atoms with Gasteiger partial charge in [0, 0.05) is 46.5 Å². The van der Waals surface area contributed by atoms with E-state index in [1.165, 1.54) is 26.6 Å². The maximum Gasteiger partial charge on any atom is 0.256 e. The van der Waals surface area contributed by atoms with E-state index in [0.717, 1.165) is 47.2 Å². The molecule has 1 aliphatic heterocycles. The molecule has 0 atom stereocenters. The van der Waals surface area contributed by atoms with Gasteiger partial charge in [0.2, 0.25) is 10.0 Å². The first-order valence-corrected chi connectivity index (χ1v) is 11.9. The minimum Gasteiger partial charge on any atom is -0.497 e. The summed E-state index contributed by atoms with van der Waals surface area (Å²) in [5, 5.41) is 0. The summed E-state index contributed by atoms with van der Waals surface area (Å²) in [7, 11) is 2.69. The SMILES string of the molecule is COc1ccc(CN(C)C(=O)c2cc(S(=O)(=O)N(C)C)ccc2N2CCCCC2)cc1. The number of sulfonamides is 1. The van der Waals surface area contributed by atoms with Gasteiger partial charge in [-0.25, -0.2) is 12.7 Å². The van der Waals surface area contributed by atoms with Crippen molar-refractivity contribution in [3.8, 4) is 5.75 Å². The van der Waals surface area contributed by atoms with Crippen molar-refractivity contribution in [2.75, 3.05) is 46.2 Å². The normalized spacial score (nSPS) is 14.5. The highest BCUT2D eigenvalue weighted by molar-refractivity contribution is 7.89. The third-order valence-electron chi connectivity index (χ3n) is 5.60. The van der Waals surface area contributed by atoms with Crippen LogP contribution >= 0.6 is 0 Å². The Morgan fingerprint density at radius 1 is 1.00 bits per heavy atom. The van der Waals surface area contributed by atoms with Crippen molar-refractivity contribution < 1.29 is 17.9 Å². The topological polar surface area (TPSA) is 70.2 Å². The first kappa shape index (κ1) is 23.1. The van der Waals surface area contributed by atoms with Crippen LogP contribution in [-0.4, -0.2) is 64.9 Å². The molecule has 8 heteroatoms. The molecule has 1 amide bonds. The molecule has 0 aliphatic carbocycles. The summed E-state index contributed by atoms with van der Waals surface area (Å²) in [4.78, 5) is 17.4. The van der Waals surface area contributed by atoms with E-state index in [-0.39, 0.29) is 10.8 Å². The van der Waals surface area contributed by atoms with Crippen molar-refractivity contribution >= 4 is 21.6 Å². The van der Waals surface area contributed by atoms with E-state index in [9.17, 15) is 13.2 Å².